The third kappa shape index (κ3) is 4.01. The number of halogens is 2. The molecule has 0 atom stereocenters. The predicted molar refractivity (Wildman–Crippen MR) is 81.5 cm³/mol. The highest BCUT2D eigenvalue weighted by molar-refractivity contribution is 7.80. The summed E-state index contributed by atoms with van der Waals surface area (Å²) in [7, 11) is 0. The Kier molecular flexibility index (Phi) is 4.65. The highest BCUT2D eigenvalue weighted by Gasteiger charge is 2.07. The molecular formula is C14H10ClFN2OS. The van der Waals surface area contributed by atoms with E-state index in [0.717, 1.165) is 0 Å². The van der Waals surface area contributed by atoms with E-state index in [1.807, 2.05) is 0 Å². The van der Waals surface area contributed by atoms with Gasteiger partial charge in [-0.25, -0.2) is 4.39 Å². The van der Waals surface area contributed by atoms with Crippen molar-refractivity contribution in [3.8, 4) is 0 Å². The minimum absolute atomic E-state index is 0.136. The number of carbonyl (C=O) groups is 1. The van der Waals surface area contributed by atoms with E-state index in [0.29, 0.717) is 16.3 Å². The molecule has 0 fully saturated rings. The van der Waals surface area contributed by atoms with E-state index in [2.05, 4.69) is 10.6 Å². The fourth-order valence-electron chi connectivity index (χ4n) is 1.47. The number of nitrogens with one attached hydrogen (secondary N) is 2. The first-order chi connectivity index (χ1) is 9.54. The van der Waals surface area contributed by atoms with Crippen LogP contribution in [0.4, 0.5) is 10.1 Å². The lowest BCUT2D eigenvalue weighted by Crippen LogP contribution is -2.34. The van der Waals surface area contributed by atoms with E-state index in [1.54, 1.807) is 24.3 Å². The van der Waals surface area contributed by atoms with Crippen LogP contribution in [0.1, 0.15) is 10.4 Å². The number of anilines is 1. The zero-order valence-electron chi connectivity index (χ0n) is 10.2. The largest absolute Gasteiger partial charge is 0.332 e. The zero-order valence-corrected chi connectivity index (χ0v) is 11.8. The Morgan fingerprint density at radius 3 is 2.25 bits per heavy atom. The molecule has 2 rings (SSSR count). The Balaban J connectivity index is 1.95. The average molecular weight is 309 g/mol. The number of hydrogen-bond acceptors (Lipinski definition) is 2. The summed E-state index contributed by atoms with van der Waals surface area (Å²) in [5.41, 5.74) is 1.03. The third-order valence-corrected chi connectivity index (χ3v) is 2.89. The number of rotatable bonds is 2. The van der Waals surface area contributed by atoms with E-state index in [1.165, 1.54) is 24.3 Å². The molecule has 0 aliphatic rings. The Bertz CT molecular complexity index is 629. The van der Waals surface area contributed by atoms with Crippen molar-refractivity contribution in [2.75, 3.05) is 5.32 Å². The molecule has 0 aliphatic heterocycles. The lowest BCUT2D eigenvalue weighted by atomic mass is 10.2. The molecule has 0 aromatic heterocycles. The maximum Gasteiger partial charge on any atom is 0.257 e. The normalized spacial score (nSPS) is 9.90. The van der Waals surface area contributed by atoms with Gasteiger partial charge in [-0.2, -0.15) is 0 Å². The van der Waals surface area contributed by atoms with Crippen molar-refractivity contribution in [3.05, 3.63) is 64.9 Å². The second kappa shape index (κ2) is 6.45. The molecule has 0 bridgehead atoms. The first-order valence-electron chi connectivity index (χ1n) is 5.68. The van der Waals surface area contributed by atoms with Crippen LogP contribution in [0.3, 0.4) is 0 Å². The average Bonchev–Trinajstić information content (AvgIpc) is 2.42. The zero-order chi connectivity index (χ0) is 14.5. The summed E-state index contributed by atoms with van der Waals surface area (Å²) in [4.78, 5) is 11.9. The minimum Gasteiger partial charge on any atom is -0.332 e. The summed E-state index contributed by atoms with van der Waals surface area (Å²) < 4.78 is 12.7. The van der Waals surface area contributed by atoms with Crippen LogP contribution >= 0.6 is 23.8 Å². The van der Waals surface area contributed by atoms with Crippen molar-refractivity contribution in [2.24, 2.45) is 0 Å². The molecule has 6 heteroatoms. The maximum atomic E-state index is 12.7. The van der Waals surface area contributed by atoms with Gasteiger partial charge in [0.15, 0.2) is 5.11 Å². The van der Waals surface area contributed by atoms with Gasteiger partial charge >= 0.3 is 0 Å². The van der Waals surface area contributed by atoms with Crippen molar-refractivity contribution >= 4 is 40.5 Å². The first-order valence-corrected chi connectivity index (χ1v) is 6.47. The van der Waals surface area contributed by atoms with Gasteiger partial charge in [-0.05, 0) is 60.7 Å². The Labute approximate surface area is 125 Å². The summed E-state index contributed by atoms with van der Waals surface area (Å²) in [5, 5.41) is 6.00. The molecule has 0 saturated heterocycles. The monoisotopic (exact) mass is 308 g/mol. The fourth-order valence-corrected chi connectivity index (χ4v) is 1.81. The molecule has 0 aliphatic carbocycles. The molecule has 20 heavy (non-hydrogen) atoms. The second-order valence-corrected chi connectivity index (χ2v) is 4.77. The van der Waals surface area contributed by atoms with Crippen molar-refractivity contribution < 1.29 is 9.18 Å². The SMILES string of the molecule is O=C(NC(=S)Nc1ccc(F)cc1)c1ccc(Cl)cc1. The van der Waals surface area contributed by atoms with E-state index in [-0.39, 0.29) is 16.8 Å². The Morgan fingerprint density at radius 2 is 1.65 bits per heavy atom. The molecule has 0 heterocycles. The quantitative estimate of drug-likeness (QED) is 0.833. The highest BCUT2D eigenvalue weighted by atomic mass is 35.5. The molecule has 1 amide bonds. The molecule has 2 aromatic carbocycles. The van der Waals surface area contributed by atoms with Gasteiger partial charge in [0, 0.05) is 16.3 Å². The molecule has 2 N–H and O–H groups in total. The molecule has 2 aromatic rings. The topological polar surface area (TPSA) is 41.1 Å². The van der Waals surface area contributed by atoms with E-state index in [9.17, 15) is 9.18 Å². The van der Waals surface area contributed by atoms with Gasteiger partial charge in [-0.3, -0.25) is 10.1 Å². The minimum atomic E-state index is -0.346. The summed E-state index contributed by atoms with van der Waals surface area (Å²) in [5.74, 6) is -0.687. The summed E-state index contributed by atoms with van der Waals surface area (Å²) in [6.07, 6.45) is 0. The van der Waals surface area contributed by atoms with Crippen molar-refractivity contribution in [3.63, 3.8) is 0 Å². The number of thiocarbonyl (C=S) groups is 1. The summed E-state index contributed by atoms with van der Waals surface area (Å²) in [6, 6.07) is 12.1. The fraction of sp³-hybridized carbons (Fsp3) is 0. The van der Waals surface area contributed by atoms with Crippen LogP contribution < -0.4 is 10.6 Å². The van der Waals surface area contributed by atoms with Crippen LogP contribution in [0, 0.1) is 5.82 Å². The van der Waals surface area contributed by atoms with E-state index >= 15 is 0 Å². The van der Waals surface area contributed by atoms with E-state index in [4.69, 9.17) is 23.8 Å². The van der Waals surface area contributed by atoms with Gasteiger partial charge in [-0.15, -0.1) is 0 Å². The summed E-state index contributed by atoms with van der Waals surface area (Å²) >= 11 is 10.7. The Hall–Kier alpha value is -1.98. The first kappa shape index (κ1) is 14.4. The van der Waals surface area contributed by atoms with Gasteiger partial charge in [0.05, 0.1) is 0 Å². The predicted octanol–water partition coefficient (Wildman–Crippen LogP) is 3.61. The van der Waals surface area contributed by atoms with E-state index < -0.39 is 0 Å². The molecule has 102 valence electrons. The van der Waals surface area contributed by atoms with Crippen molar-refractivity contribution in [1.29, 1.82) is 0 Å². The highest BCUT2D eigenvalue weighted by Crippen LogP contribution is 2.10. The van der Waals surface area contributed by atoms with Gasteiger partial charge in [0.1, 0.15) is 5.82 Å². The summed E-state index contributed by atoms with van der Waals surface area (Å²) in [6.45, 7) is 0. The van der Waals surface area contributed by atoms with Crippen molar-refractivity contribution in [1.82, 2.24) is 5.32 Å². The maximum absolute atomic E-state index is 12.7. The molecule has 0 saturated carbocycles. The number of benzene rings is 2. The Morgan fingerprint density at radius 1 is 1.05 bits per heavy atom. The lowest BCUT2D eigenvalue weighted by Gasteiger charge is -2.09. The van der Waals surface area contributed by atoms with Crippen LogP contribution in [0.2, 0.25) is 5.02 Å². The van der Waals surface area contributed by atoms with Crippen molar-refractivity contribution in [2.45, 2.75) is 0 Å². The standard InChI is InChI=1S/C14H10ClFN2OS/c15-10-3-1-9(2-4-10)13(19)18-14(20)17-12-7-5-11(16)6-8-12/h1-8H,(H2,17,18,19,20). The van der Waals surface area contributed by atoms with Crippen LogP contribution in [-0.2, 0) is 0 Å². The van der Waals surface area contributed by atoms with Gasteiger partial charge < -0.3 is 5.32 Å². The van der Waals surface area contributed by atoms with Crippen LogP contribution in [0.15, 0.2) is 48.5 Å². The molecular weight excluding hydrogens is 299 g/mol. The van der Waals surface area contributed by atoms with Gasteiger partial charge in [-0.1, -0.05) is 11.6 Å². The smallest absolute Gasteiger partial charge is 0.257 e. The molecule has 3 nitrogen and oxygen atoms in total. The van der Waals surface area contributed by atoms with Gasteiger partial charge in [0.25, 0.3) is 5.91 Å². The number of hydrogen-bond donors (Lipinski definition) is 2. The molecule has 0 unspecified atom stereocenters. The van der Waals surface area contributed by atoms with Crippen LogP contribution in [0.25, 0.3) is 0 Å². The van der Waals surface area contributed by atoms with Crippen LogP contribution in [0.5, 0.6) is 0 Å². The third-order valence-electron chi connectivity index (χ3n) is 2.44. The lowest BCUT2D eigenvalue weighted by molar-refractivity contribution is 0.0978. The molecule has 0 radical (unpaired) electrons. The number of carbonyl (C=O) groups excluding carboxylic acids is 1. The number of amides is 1. The van der Waals surface area contributed by atoms with Gasteiger partial charge in [0.2, 0.25) is 0 Å². The second-order valence-electron chi connectivity index (χ2n) is 3.92. The van der Waals surface area contributed by atoms with Crippen LogP contribution in [-0.4, -0.2) is 11.0 Å². The molecule has 0 spiro atoms.